The van der Waals surface area contributed by atoms with Crippen molar-refractivity contribution in [2.75, 3.05) is 7.11 Å². The first-order chi connectivity index (χ1) is 11.2. The zero-order valence-corrected chi connectivity index (χ0v) is 15.7. The van der Waals surface area contributed by atoms with Crippen LogP contribution in [0.4, 0.5) is 0 Å². The van der Waals surface area contributed by atoms with Crippen LogP contribution in [0.2, 0.25) is 0 Å². The summed E-state index contributed by atoms with van der Waals surface area (Å²) in [6, 6.07) is 0. The van der Waals surface area contributed by atoms with E-state index >= 15 is 0 Å². The fourth-order valence-electron chi connectivity index (χ4n) is 2.48. The van der Waals surface area contributed by atoms with Crippen LogP contribution in [-0.2, 0) is 9.53 Å². The first-order valence-electron chi connectivity index (χ1n) is 9.53. The molecule has 0 aliphatic heterocycles. The van der Waals surface area contributed by atoms with E-state index < -0.39 is 0 Å². The summed E-state index contributed by atoms with van der Waals surface area (Å²) < 4.78 is 4.61. The molecule has 0 N–H and O–H groups in total. The van der Waals surface area contributed by atoms with Gasteiger partial charge in [-0.15, -0.1) is 0 Å². The van der Waals surface area contributed by atoms with Crippen molar-refractivity contribution in [3.63, 3.8) is 0 Å². The van der Waals surface area contributed by atoms with Crippen LogP contribution in [0.3, 0.4) is 0 Å². The van der Waals surface area contributed by atoms with E-state index in [1.165, 1.54) is 52.1 Å². The third kappa shape index (κ3) is 18.9. The number of hydrogen-bond donors (Lipinski definition) is 0. The molecule has 0 spiro atoms. The summed E-state index contributed by atoms with van der Waals surface area (Å²) in [5, 5.41) is 0. The molecule has 0 aromatic heterocycles. The Bertz CT molecular complexity index is 316. The molecule has 2 heteroatoms. The number of unbranched alkanes of at least 4 members (excludes halogenated alkanes) is 7. The molecule has 0 aromatic rings. The molecule has 0 saturated carbocycles. The minimum absolute atomic E-state index is 0.110. The predicted octanol–water partition coefficient (Wildman–Crippen LogP) is 6.61. The van der Waals surface area contributed by atoms with E-state index in [9.17, 15) is 4.79 Å². The molecule has 134 valence electrons. The minimum atomic E-state index is -0.110. The van der Waals surface area contributed by atoms with Gasteiger partial charge in [0.1, 0.15) is 0 Å². The van der Waals surface area contributed by atoms with Crippen LogP contribution in [0.15, 0.2) is 24.3 Å². The van der Waals surface area contributed by atoms with Crippen molar-refractivity contribution < 1.29 is 9.53 Å². The molecule has 0 bridgehead atoms. The van der Waals surface area contributed by atoms with Crippen molar-refractivity contribution in [1.29, 1.82) is 0 Å². The van der Waals surface area contributed by atoms with E-state index in [0.717, 1.165) is 31.6 Å². The molecule has 23 heavy (non-hydrogen) atoms. The Morgan fingerprint density at radius 2 is 1.30 bits per heavy atom. The summed E-state index contributed by atoms with van der Waals surface area (Å²) in [6.45, 7) is 4.62. The number of ether oxygens (including phenoxy) is 1. The first-order valence-corrected chi connectivity index (χ1v) is 9.53. The van der Waals surface area contributed by atoms with Crippen LogP contribution in [0, 0.1) is 5.92 Å². The lowest BCUT2D eigenvalue weighted by molar-refractivity contribution is -0.140. The Morgan fingerprint density at radius 1 is 0.783 bits per heavy atom. The van der Waals surface area contributed by atoms with E-state index in [1.54, 1.807) is 0 Å². The smallest absolute Gasteiger partial charge is 0.305 e. The molecule has 0 aromatic carbocycles. The molecular weight excluding hydrogens is 284 g/mol. The maximum Gasteiger partial charge on any atom is 0.305 e. The summed E-state index contributed by atoms with van der Waals surface area (Å²) in [7, 11) is 1.44. The first kappa shape index (κ1) is 21.9. The summed E-state index contributed by atoms with van der Waals surface area (Å²) in [5.74, 6) is 0.751. The summed E-state index contributed by atoms with van der Waals surface area (Å²) in [4.78, 5) is 10.9. The molecule has 0 rings (SSSR count). The SMILES string of the molecule is COC(=O)CCCC=CCCC=CCCCCCCCC(C)C. The highest BCUT2D eigenvalue weighted by molar-refractivity contribution is 5.68. The molecule has 0 aliphatic carbocycles. The van der Waals surface area contributed by atoms with Gasteiger partial charge in [0.25, 0.3) is 0 Å². The van der Waals surface area contributed by atoms with Gasteiger partial charge in [-0.25, -0.2) is 0 Å². The second-order valence-electron chi connectivity index (χ2n) is 6.73. The van der Waals surface area contributed by atoms with Crippen molar-refractivity contribution in [2.24, 2.45) is 5.92 Å². The minimum Gasteiger partial charge on any atom is -0.469 e. The Balaban J connectivity index is 3.24. The highest BCUT2D eigenvalue weighted by Crippen LogP contribution is 2.11. The van der Waals surface area contributed by atoms with Gasteiger partial charge in [-0.2, -0.15) is 0 Å². The molecule has 0 amide bonds. The van der Waals surface area contributed by atoms with Crippen LogP contribution in [0.25, 0.3) is 0 Å². The predicted molar refractivity (Wildman–Crippen MR) is 101 cm³/mol. The van der Waals surface area contributed by atoms with Crippen LogP contribution >= 0.6 is 0 Å². The maximum absolute atomic E-state index is 10.9. The number of hydrogen-bond acceptors (Lipinski definition) is 2. The van der Waals surface area contributed by atoms with Gasteiger partial charge < -0.3 is 4.74 Å². The lowest BCUT2D eigenvalue weighted by Crippen LogP contribution is -1.98. The monoisotopic (exact) mass is 322 g/mol. The van der Waals surface area contributed by atoms with E-state index in [-0.39, 0.29) is 5.97 Å². The van der Waals surface area contributed by atoms with Crippen LogP contribution in [-0.4, -0.2) is 13.1 Å². The van der Waals surface area contributed by atoms with Crippen LogP contribution in [0.5, 0.6) is 0 Å². The zero-order valence-electron chi connectivity index (χ0n) is 15.7. The van der Waals surface area contributed by atoms with Crippen LogP contribution in [0.1, 0.15) is 90.9 Å². The fraction of sp³-hybridized carbons (Fsp3) is 0.762. The average molecular weight is 323 g/mol. The Labute approximate surface area is 144 Å². The van der Waals surface area contributed by atoms with Gasteiger partial charge in [-0.1, -0.05) is 70.3 Å². The number of carbonyl (C=O) groups excluding carboxylic acids is 1. The third-order valence-electron chi connectivity index (χ3n) is 3.96. The Hall–Kier alpha value is -1.05. The molecule has 0 aliphatic rings. The quantitative estimate of drug-likeness (QED) is 0.193. The summed E-state index contributed by atoms with van der Waals surface area (Å²) in [5.41, 5.74) is 0. The number of methoxy groups -OCH3 is 1. The number of carbonyl (C=O) groups is 1. The lowest BCUT2D eigenvalue weighted by Gasteiger charge is -2.03. The average Bonchev–Trinajstić information content (AvgIpc) is 2.53. The standard InChI is InChI=1S/C21H38O2/c1-20(2)18-16-14-12-10-8-6-4-5-7-9-11-13-15-17-19-21(22)23-3/h4-5,11,13,20H,6-10,12,14-19H2,1-3H3. The van der Waals surface area contributed by atoms with Crippen LogP contribution < -0.4 is 0 Å². The van der Waals surface area contributed by atoms with Gasteiger partial charge in [0, 0.05) is 6.42 Å². The highest BCUT2D eigenvalue weighted by Gasteiger charge is 1.96. The molecule has 0 atom stereocenters. The summed E-state index contributed by atoms with van der Waals surface area (Å²) >= 11 is 0. The van der Waals surface area contributed by atoms with Gasteiger partial charge in [-0.05, 0) is 44.4 Å². The molecule has 0 unspecified atom stereocenters. The van der Waals surface area contributed by atoms with Gasteiger partial charge in [0.05, 0.1) is 7.11 Å². The zero-order chi connectivity index (χ0) is 17.2. The number of rotatable bonds is 15. The van der Waals surface area contributed by atoms with Gasteiger partial charge >= 0.3 is 5.97 Å². The molecule has 0 heterocycles. The number of allylic oxidation sites excluding steroid dienone is 4. The van der Waals surface area contributed by atoms with Crippen molar-refractivity contribution in [3.05, 3.63) is 24.3 Å². The van der Waals surface area contributed by atoms with Gasteiger partial charge in [-0.3, -0.25) is 4.79 Å². The van der Waals surface area contributed by atoms with E-state index in [2.05, 4.69) is 42.9 Å². The Kier molecular flexibility index (Phi) is 16.5. The topological polar surface area (TPSA) is 26.3 Å². The molecular formula is C21H38O2. The molecule has 0 fully saturated rings. The number of esters is 1. The highest BCUT2D eigenvalue weighted by atomic mass is 16.5. The van der Waals surface area contributed by atoms with Gasteiger partial charge in [0.2, 0.25) is 0 Å². The van der Waals surface area contributed by atoms with Crippen molar-refractivity contribution in [1.82, 2.24) is 0 Å². The van der Waals surface area contributed by atoms with Crippen molar-refractivity contribution >= 4 is 5.97 Å². The van der Waals surface area contributed by atoms with Crippen molar-refractivity contribution in [3.8, 4) is 0 Å². The molecule has 0 saturated heterocycles. The fourth-order valence-corrected chi connectivity index (χ4v) is 2.48. The van der Waals surface area contributed by atoms with E-state index in [1.807, 2.05) is 0 Å². The Morgan fingerprint density at radius 3 is 1.91 bits per heavy atom. The normalized spacial score (nSPS) is 11.8. The van der Waals surface area contributed by atoms with Crippen molar-refractivity contribution in [2.45, 2.75) is 90.9 Å². The second kappa shape index (κ2) is 17.3. The lowest BCUT2D eigenvalue weighted by atomic mass is 10.0. The van der Waals surface area contributed by atoms with Gasteiger partial charge in [0.15, 0.2) is 0 Å². The van der Waals surface area contributed by atoms with E-state index in [0.29, 0.717) is 6.42 Å². The molecule has 0 radical (unpaired) electrons. The largest absolute Gasteiger partial charge is 0.469 e. The third-order valence-corrected chi connectivity index (χ3v) is 3.96. The molecule has 2 nitrogen and oxygen atoms in total. The van der Waals surface area contributed by atoms with E-state index in [4.69, 9.17) is 0 Å². The maximum atomic E-state index is 10.9. The second-order valence-corrected chi connectivity index (χ2v) is 6.73. The summed E-state index contributed by atoms with van der Waals surface area (Å²) in [6.07, 6.45) is 23.2.